The van der Waals surface area contributed by atoms with E-state index in [1.165, 1.54) is 0 Å². The van der Waals surface area contributed by atoms with Gasteiger partial charge in [0.1, 0.15) is 18.1 Å². The molecule has 5 heteroatoms. The SMILES string of the molecule is CO[C@H]1CN(C(=O)CCl)C[C@@H]1OC. The van der Waals surface area contributed by atoms with Gasteiger partial charge in [0.15, 0.2) is 0 Å². The van der Waals surface area contributed by atoms with Gasteiger partial charge in [-0.15, -0.1) is 11.6 Å². The van der Waals surface area contributed by atoms with Crippen molar-refractivity contribution in [3.8, 4) is 0 Å². The van der Waals surface area contributed by atoms with Crippen LogP contribution in [0.15, 0.2) is 0 Å². The Morgan fingerprint density at radius 1 is 1.38 bits per heavy atom. The van der Waals surface area contributed by atoms with Crippen LogP contribution in [0.25, 0.3) is 0 Å². The molecule has 0 aromatic carbocycles. The van der Waals surface area contributed by atoms with Gasteiger partial charge in [-0.3, -0.25) is 4.79 Å². The molecule has 0 unspecified atom stereocenters. The second-order valence-electron chi connectivity index (χ2n) is 2.98. The zero-order chi connectivity index (χ0) is 9.84. The summed E-state index contributed by atoms with van der Waals surface area (Å²) in [4.78, 5) is 12.9. The van der Waals surface area contributed by atoms with E-state index in [1.54, 1.807) is 19.1 Å². The number of carbonyl (C=O) groups is 1. The quantitative estimate of drug-likeness (QED) is 0.617. The molecule has 0 aromatic rings. The number of hydrogen-bond acceptors (Lipinski definition) is 3. The molecule has 1 aliphatic heterocycles. The molecule has 0 bridgehead atoms. The molecule has 2 atom stereocenters. The van der Waals surface area contributed by atoms with Gasteiger partial charge in [0, 0.05) is 27.3 Å². The van der Waals surface area contributed by atoms with E-state index in [-0.39, 0.29) is 24.0 Å². The van der Waals surface area contributed by atoms with Gasteiger partial charge in [-0.05, 0) is 0 Å². The van der Waals surface area contributed by atoms with Crippen molar-refractivity contribution in [2.75, 3.05) is 33.2 Å². The Labute approximate surface area is 82.7 Å². The lowest BCUT2D eigenvalue weighted by atomic mass is 10.3. The van der Waals surface area contributed by atoms with Gasteiger partial charge < -0.3 is 14.4 Å². The van der Waals surface area contributed by atoms with E-state index in [2.05, 4.69) is 0 Å². The molecular weight excluding hydrogens is 194 g/mol. The van der Waals surface area contributed by atoms with Crippen LogP contribution in [0.5, 0.6) is 0 Å². The molecule has 1 aliphatic rings. The normalized spacial score (nSPS) is 28.1. The fourth-order valence-electron chi connectivity index (χ4n) is 1.48. The average molecular weight is 208 g/mol. The number of amides is 1. The summed E-state index contributed by atoms with van der Waals surface area (Å²) in [6, 6.07) is 0. The van der Waals surface area contributed by atoms with Crippen LogP contribution in [0.2, 0.25) is 0 Å². The molecule has 1 heterocycles. The minimum Gasteiger partial charge on any atom is -0.377 e. The fourth-order valence-corrected chi connectivity index (χ4v) is 1.65. The first kappa shape index (κ1) is 10.8. The van der Waals surface area contributed by atoms with Crippen molar-refractivity contribution in [2.24, 2.45) is 0 Å². The highest BCUT2D eigenvalue weighted by molar-refractivity contribution is 6.27. The smallest absolute Gasteiger partial charge is 0.237 e. The van der Waals surface area contributed by atoms with Crippen LogP contribution in [0.3, 0.4) is 0 Å². The first-order valence-electron chi connectivity index (χ1n) is 4.12. The summed E-state index contributed by atoms with van der Waals surface area (Å²) >= 11 is 5.44. The standard InChI is InChI=1S/C8H14ClNO3/c1-12-6-4-10(8(11)3-9)5-7(6)13-2/h6-7H,3-5H2,1-2H3/t6-,7-/m0/s1. The van der Waals surface area contributed by atoms with E-state index in [0.717, 1.165) is 0 Å². The molecule has 4 nitrogen and oxygen atoms in total. The molecule has 0 saturated carbocycles. The summed E-state index contributed by atoms with van der Waals surface area (Å²) in [5.74, 6) is -0.0457. The van der Waals surface area contributed by atoms with Crippen molar-refractivity contribution in [1.82, 2.24) is 4.90 Å². The molecule has 13 heavy (non-hydrogen) atoms. The minimum atomic E-state index is -0.0664. The van der Waals surface area contributed by atoms with E-state index < -0.39 is 0 Å². The molecule has 1 rings (SSSR count). The first-order chi connectivity index (χ1) is 6.22. The highest BCUT2D eigenvalue weighted by Gasteiger charge is 2.34. The van der Waals surface area contributed by atoms with Crippen LogP contribution < -0.4 is 0 Å². The van der Waals surface area contributed by atoms with Crippen LogP contribution in [0, 0.1) is 0 Å². The van der Waals surface area contributed by atoms with Crippen molar-refractivity contribution in [2.45, 2.75) is 12.2 Å². The molecule has 1 saturated heterocycles. The molecule has 1 fully saturated rings. The average Bonchev–Trinajstić information content (AvgIpc) is 2.59. The van der Waals surface area contributed by atoms with Crippen molar-refractivity contribution >= 4 is 17.5 Å². The Kier molecular flexibility index (Phi) is 3.96. The second-order valence-corrected chi connectivity index (χ2v) is 3.25. The minimum absolute atomic E-state index is 0.0207. The van der Waals surface area contributed by atoms with Crippen molar-refractivity contribution in [1.29, 1.82) is 0 Å². The Bertz CT molecular complexity index is 176. The van der Waals surface area contributed by atoms with Crippen LogP contribution in [-0.4, -0.2) is 56.2 Å². The first-order valence-corrected chi connectivity index (χ1v) is 4.65. The van der Waals surface area contributed by atoms with Gasteiger partial charge in [0.2, 0.25) is 5.91 Å². The topological polar surface area (TPSA) is 38.8 Å². The van der Waals surface area contributed by atoms with Gasteiger partial charge in [-0.25, -0.2) is 0 Å². The van der Waals surface area contributed by atoms with Gasteiger partial charge in [0.25, 0.3) is 0 Å². The zero-order valence-corrected chi connectivity index (χ0v) is 8.58. The van der Waals surface area contributed by atoms with E-state index >= 15 is 0 Å². The van der Waals surface area contributed by atoms with Crippen molar-refractivity contribution in [3.05, 3.63) is 0 Å². The molecule has 0 aromatic heterocycles. The molecule has 0 spiro atoms. The van der Waals surface area contributed by atoms with Gasteiger partial charge in [-0.2, -0.15) is 0 Å². The van der Waals surface area contributed by atoms with E-state index in [1.807, 2.05) is 0 Å². The Hall–Kier alpha value is -0.320. The summed E-state index contributed by atoms with van der Waals surface area (Å²) < 4.78 is 10.4. The summed E-state index contributed by atoms with van der Waals surface area (Å²) in [5.41, 5.74) is 0. The monoisotopic (exact) mass is 207 g/mol. The molecule has 0 aliphatic carbocycles. The fraction of sp³-hybridized carbons (Fsp3) is 0.875. The summed E-state index contributed by atoms with van der Waals surface area (Å²) in [5, 5.41) is 0. The number of carbonyl (C=O) groups excluding carboxylic acids is 1. The van der Waals surface area contributed by atoms with Gasteiger partial charge in [0.05, 0.1) is 0 Å². The summed E-state index contributed by atoms with van der Waals surface area (Å²) in [6.07, 6.45) is -0.0608. The Morgan fingerprint density at radius 3 is 2.15 bits per heavy atom. The highest BCUT2D eigenvalue weighted by Crippen LogP contribution is 2.15. The maximum absolute atomic E-state index is 11.2. The van der Waals surface area contributed by atoms with Crippen LogP contribution >= 0.6 is 11.6 Å². The predicted octanol–water partition coefficient (Wildman–Crippen LogP) is 0.0974. The lowest BCUT2D eigenvalue weighted by molar-refractivity contribution is -0.128. The summed E-state index contributed by atoms with van der Waals surface area (Å²) in [6.45, 7) is 1.14. The van der Waals surface area contributed by atoms with Crippen LogP contribution in [0.4, 0.5) is 0 Å². The van der Waals surface area contributed by atoms with Crippen molar-refractivity contribution in [3.63, 3.8) is 0 Å². The van der Waals surface area contributed by atoms with E-state index in [0.29, 0.717) is 13.1 Å². The van der Waals surface area contributed by atoms with Gasteiger partial charge >= 0.3 is 0 Å². The lowest BCUT2D eigenvalue weighted by Gasteiger charge is -2.13. The third kappa shape index (κ3) is 2.33. The molecule has 1 amide bonds. The number of hydrogen-bond donors (Lipinski definition) is 0. The maximum atomic E-state index is 11.2. The number of likely N-dealkylation sites (tertiary alicyclic amines) is 1. The number of alkyl halides is 1. The summed E-state index contributed by atoms with van der Waals surface area (Å²) in [7, 11) is 3.23. The lowest BCUT2D eigenvalue weighted by Crippen LogP contribution is -2.30. The van der Waals surface area contributed by atoms with E-state index in [4.69, 9.17) is 21.1 Å². The molecular formula is C8H14ClNO3. The number of rotatable bonds is 3. The third-order valence-electron chi connectivity index (χ3n) is 2.29. The molecule has 76 valence electrons. The highest BCUT2D eigenvalue weighted by atomic mass is 35.5. The number of nitrogens with zero attached hydrogens (tertiary/aromatic N) is 1. The van der Waals surface area contributed by atoms with Crippen LogP contribution in [-0.2, 0) is 14.3 Å². The molecule has 0 N–H and O–H groups in total. The van der Waals surface area contributed by atoms with Crippen LogP contribution in [0.1, 0.15) is 0 Å². The number of methoxy groups -OCH3 is 2. The Morgan fingerprint density at radius 2 is 1.85 bits per heavy atom. The van der Waals surface area contributed by atoms with Gasteiger partial charge in [-0.1, -0.05) is 0 Å². The number of ether oxygens (including phenoxy) is 2. The third-order valence-corrected chi connectivity index (χ3v) is 2.52. The predicted molar refractivity (Wildman–Crippen MR) is 48.9 cm³/mol. The second kappa shape index (κ2) is 4.79. The zero-order valence-electron chi connectivity index (χ0n) is 7.83. The molecule has 0 radical (unpaired) electrons. The maximum Gasteiger partial charge on any atom is 0.237 e. The van der Waals surface area contributed by atoms with E-state index in [9.17, 15) is 4.79 Å². The van der Waals surface area contributed by atoms with Crippen molar-refractivity contribution < 1.29 is 14.3 Å². The number of halogens is 1. The largest absolute Gasteiger partial charge is 0.377 e. The Balaban J connectivity index is 2.52.